The van der Waals surface area contributed by atoms with Gasteiger partial charge in [-0.1, -0.05) is 6.92 Å². The molecule has 0 spiro atoms. The van der Waals surface area contributed by atoms with Gasteiger partial charge in [-0.15, -0.1) is 0 Å². The van der Waals surface area contributed by atoms with Crippen LogP contribution >= 0.6 is 0 Å². The van der Waals surface area contributed by atoms with E-state index in [0.29, 0.717) is 5.82 Å². The molecule has 2 heterocycles. The zero-order valence-electron chi connectivity index (χ0n) is 11.9. The molecular weight excluding hydrogens is 258 g/mol. The third kappa shape index (κ3) is 3.36. The van der Waals surface area contributed by atoms with Gasteiger partial charge in [0, 0.05) is 12.6 Å². The predicted molar refractivity (Wildman–Crippen MR) is 78.6 cm³/mol. The first-order chi connectivity index (χ1) is 9.39. The normalized spacial score (nSPS) is 18.7. The van der Waals surface area contributed by atoms with Crippen LogP contribution in [0.5, 0.6) is 0 Å². The lowest BCUT2D eigenvalue weighted by Crippen LogP contribution is -2.40. The van der Waals surface area contributed by atoms with E-state index in [-0.39, 0.29) is 16.9 Å². The molecule has 1 aromatic heterocycles. The van der Waals surface area contributed by atoms with Gasteiger partial charge in [-0.05, 0) is 44.5 Å². The molecule has 1 aromatic rings. The van der Waals surface area contributed by atoms with Gasteiger partial charge < -0.3 is 16.0 Å². The van der Waals surface area contributed by atoms with Crippen molar-refractivity contribution < 1.29 is 4.92 Å². The summed E-state index contributed by atoms with van der Waals surface area (Å²) in [6, 6.07) is 2.99. The van der Waals surface area contributed by atoms with Crippen LogP contribution in [0.4, 0.5) is 17.3 Å². The van der Waals surface area contributed by atoms with E-state index < -0.39 is 4.92 Å². The van der Waals surface area contributed by atoms with Gasteiger partial charge in [-0.3, -0.25) is 10.1 Å². The average molecular weight is 279 g/mol. The minimum absolute atomic E-state index is 0.0477. The minimum atomic E-state index is -0.523. The van der Waals surface area contributed by atoms with Gasteiger partial charge in [0.1, 0.15) is 5.82 Å². The smallest absolute Gasteiger partial charge is 0.311 e. The molecule has 0 radical (unpaired) electrons. The number of nitrogens with one attached hydrogen (secondary N) is 1. The number of piperidine rings is 1. The van der Waals surface area contributed by atoms with Gasteiger partial charge in [0.25, 0.3) is 0 Å². The molecule has 1 saturated heterocycles. The van der Waals surface area contributed by atoms with Crippen LogP contribution in [0.15, 0.2) is 12.1 Å². The number of nitrogens with two attached hydrogens (primary N) is 1. The number of anilines is 2. The molecule has 110 valence electrons. The molecule has 2 rings (SSSR count). The summed E-state index contributed by atoms with van der Waals surface area (Å²) in [4.78, 5) is 16.5. The first-order valence-corrected chi connectivity index (χ1v) is 6.73. The maximum atomic E-state index is 10.7. The fraction of sp³-hybridized carbons (Fsp3) is 0.615. The third-order valence-electron chi connectivity index (χ3n) is 3.99. The lowest BCUT2D eigenvalue weighted by molar-refractivity contribution is -0.384. The van der Waals surface area contributed by atoms with Crippen LogP contribution in [0.3, 0.4) is 0 Å². The second-order valence-electron chi connectivity index (χ2n) is 5.83. The topological polar surface area (TPSA) is 97.3 Å². The van der Waals surface area contributed by atoms with E-state index in [2.05, 4.69) is 29.2 Å². The molecule has 7 nitrogen and oxygen atoms in total. The Kier molecular flexibility index (Phi) is 4.08. The van der Waals surface area contributed by atoms with Gasteiger partial charge >= 0.3 is 5.69 Å². The van der Waals surface area contributed by atoms with Crippen molar-refractivity contribution in [1.29, 1.82) is 0 Å². The van der Waals surface area contributed by atoms with Crippen LogP contribution < -0.4 is 11.1 Å². The summed E-state index contributed by atoms with van der Waals surface area (Å²) in [6.45, 7) is 5.23. The summed E-state index contributed by atoms with van der Waals surface area (Å²) in [5.74, 6) is 0.543. The molecule has 0 saturated carbocycles. The molecule has 0 aliphatic carbocycles. The monoisotopic (exact) mass is 279 g/mol. The Morgan fingerprint density at radius 3 is 2.70 bits per heavy atom. The van der Waals surface area contributed by atoms with E-state index >= 15 is 0 Å². The number of hydrogen-bond donors (Lipinski definition) is 2. The van der Waals surface area contributed by atoms with Crippen molar-refractivity contribution in [3.05, 3.63) is 22.2 Å². The molecule has 7 heteroatoms. The summed E-state index contributed by atoms with van der Waals surface area (Å²) < 4.78 is 0. The molecule has 1 aliphatic rings. The Morgan fingerprint density at radius 1 is 1.50 bits per heavy atom. The quantitative estimate of drug-likeness (QED) is 0.643. The minimum Gasteiger partial charge on any atom is -0.378 e. The van der Waals surface area contributed by atoms with Crippen LogP contribution in [0, 0.1) is 15.5 Å². The highest BCUT2D eigenvalue weighted by Crippen LogP contribution is 2.30. The number of hydrogen-bond acceptors (Lipinski definition) is 6. The molecule has 0 aromatic carbocycles. The van der Waals surface area contributed by atoms with Crippen LogP contribution in [0.1, 0.15) is 19.8 Å². The number of pyridine rings is 1. The Hall–Kier alpha value is -1.89. The summed E-state index contributed by atoms with van der Waals surface area (Å²) >= 11 is 0. The van der Waals surface area contributed by atoms with Gasteiger partial charge in [-0.25, -0.2) is 4.98 Å². The predicted octanol–water partition coefficient (Wildman–Crippen LogP) is 1.72. The SMILES string of the molecule is CN1CCC(C)(CNc2ccc([N+](=O)[O-])c(N)n2)CC1. The standard InChI is InChI=1S/C13H21N5O2/c1-13(5-7-17(2)8-6-13)9-15-11-4-3-10(18(19)20)12(14)16-11/h3-4H,5-9H2,1-2H3,(H3,14,15,16). The maximum absolute atomic E-state index is 10.7. The zero-order valence-corrected chi connectivity index (χ0v) is 11.9. The molecule has 1 aliphatic heterocycles. The lowest BCUT2D eigenvalue weighted by Gasteiger charge is -2.38. The van der Waals surface area contributed by atoms with Crippen molar-refractivity contribution in [2.24, 2.45) is 5.41 Å². The van der Waals surface area contributed by atoms with Crippen molar-refractivity contribution in [3.8, 4) is 0 Å². The van der Waals surface area contributed by atoms with E-state index in [1.54, 1.807) is 6.07 Å². The van der Waals surface area contributed by atoms with Gasteiger partial charge in [0.2, 0.25) is 5.82 Å². The highest BCUT2D eigenvalue weighted by atomic mass is 16.6. The lowest BCUT2D eigenvalue weighted by atomic mass is 9.80. The van der Waals surface area contributed by atoms with Gasteiger partial charge in [0.15, 0.2) is 0 Å². The number of likely N-dealkylation sites (tertiary alicyclic amines) is 1. The van der Waals surface area contributed by atoms with E-state index in [1.807, 2.05) is 0 Å². The first kappa shape index (κ1) is 14.5. The summed E-state index contributed by atoms with van der Waals surface area (Å²) in [5.41, 5.74) is 5.66. The van der Waals surface area contributed by atoms with Crippen LogP contribution in [0.2, 0.25) is 0 Å². The molecule has 20 heavy (non-hydrogen) atoms. The third-order valence-corrected chi connectivity index (χ3v) is 3.99. The zero-order chi connectivity index (χ0) is 14.8. The average Bonchev–Trinajstić information content (AvgIpc) is 2.40. The Bertz CT molecular complexity index is 498. The summed E-state index contributed by atoms with van der Waals surface area (Å²) in [7, 11) is 2.13. The highest BCUT2D eigenvalue weighted by Gasteiger charge is 2.28. The fourth-order valence-electron chi connectivity index (χ4n) is 2.36. The van der Waals surface area contributed by atoms with E-state index in [1.165, 1.54) is 6.07 Å². The van der Waals surface area contributed by atoms with E-state index in [4.69, 9.17) is 5.73 Å². The first-order valence-electron chi connectivity index (χ1n) is 6.73. The number of nitrogen functional groups attached to an aromatic ring is 1. The van der Waals surface area contributed by atoms with Crippen molar-refractivity contribution >= 4 is 17.3 Å². The summed E-state index contributed by atoms with van der Waals surface area (Å²) in [5, 5.41) is 13.9. The molecule has 3 N–H and O–H groups in total. The molecular formula is C13H21N5O2. The van der Waals surface area contributed by atoms with E-state index in [9.17, 15) is 10.1 Å². The van der Waals surface area contributed by atoms with Crippen molar-refractivity contribution in [2.75, 3.05) is 37.7 Å². The molecule has 0 unspecified atom stereocenters. The van der Waals surface area contributed by atoms with Crippen molar-refractivity contribution in [2.45, 2.75) is 19.8 Å². The number of nitrogens with zero attached hydrogens (tertiary/aromatic N) is 3. The Morgan fingerprint density at radius 2 is 2.15 bits per heavy atom. The number of nitro groups is 1. The van der Waals surface area contributed by atoms with Crippen LogP contribution in [-0.2, 0) is 0 Å². The Balaban J connectivity index is 1.97. The molecule has 0 atom stereocenters. The van der Waals surface area contributed by atoms with Crippen LogP contribution in [0.25, 0.3) is 0 Å². The second-order valence-corrected chi connectivity index (χ2v) is 5.83. The summed E-state index contributed by atoms with van der Waals surface area (Å²) in [6.07, 6.45) is 2.25. The van der Waals surface area contributed by atoms with Gasteiger partial charge in [0.05, 0.1) is 4.92 Å². The number of aromatic nitrogens is 1. The fourth-order valence-corrected chi connectivity index (χ4v) is 2.36. The number of rotatable bonds is 4. The Labute approximate surface area is 118 Å². The molecule has 0 amide bonds. The van der Waals surface area contributed by atoms with Gasteiger partial charge in [-0.2, -0.15) is 0 Å². The van der Waals surface area contributed by atoms with Crippen LogP contribution in [-0.4, -0.2) is 41.5 Å². The largest absolute Gasteiger partial charge is 0.378 e. The van der Waals surface area contributed by atoms with E-state index in [0.717, 1.165) is 32.5 Å². The van der Waals surface area contributed by atoms with Crippen molar-refractivity contribution in [1.82, 2.24) is 9.88 Å². The van der Waals surface area contributed by atoms with Crippen molar-refractivity contribution in [3.63, 3.8) is 0 Å². The maximum Gasteiger partial charge on any atom is 0.311 e. The highest BCUT2D eigenvalue weighted by molar-refractivity contribution is 5.57. The molecule has 1 fully saturated rings. The molecule has 0 bridgehead atoms. The second kappa shape index (κ2) is 5.62.